The van der Waals surface area contributed by atoms with Crippen LogP contribution >= 0.6 is 0 Å². The topological polar surface area (TPSA) is 26.3 Å². The Labute approximate surface area is 94.4 Å². The molecule has 1 aliphatic heterocycles. The lowest BCUT2D eigenvalue weighted by molar-refractivity contribution is 0.0835. The van der Waals surface area contributed by atoms with Gasteiger partial charge in [0, 0.05) is 12.5 Å². The highest BCUT2D eigenvalue weighted by atomic mass is 19.1. The van der Waals surface area contributed by atoms with Crippen molar-refractivity contribution in [2.24, 2.45) is 0 Å². The minimum absolute atomic E-state index is 0.0577. The minimum atomic E-state index is -0.359. The van der Waals surface area contributed by atoms with Crippen LogP contribution in [0.5, 0.6) is 5.75 Å². The molecule has 0 N–H and O–H groups in total. The number of carbonyl (C=O) groups excluding carboxylic acids is 1. The first kappa shape index (κ1) is 11.1. The highest BCUT2D eigenvalue weighted by molar-refractivity contribution is 5.99. The molecule has 3 heteroatoms. The largest absolute Gasteiger partial charge is 0.489 e. The summed E-state index contributed by atoms with van der Waals surface area (Å²) in [5.41, 5.74) is 0.508. The molecule has 16 heavy (non-hydrogen) atoms. The molecule has 0 aliphatic carbocycles. The molecule has 0 radical (unpaired) electrons. The Hall–Kier alpha value is -1.38. The van der Waals surface area contributed by atoms with Gasteiger partial charge in [-0.25, -0.2) is 4.39 Å². The first-order chi connectivity index (χ1) is 7.70. The molecule has 0 saturated carbocycles. The second-order valence-corrected chi connectivity index (χ2v) is 4.15. The smallest absolute Gasteiger partial charge is 0.170 e. The van der Waals surface area contributed by atoms with Crippen molar-refractivity contribution in [2.45, 2.75) is 38.7 Å². The molecular formula is C13H15FO2. The van der Waals surface area contributed by atoms with E-state index in [0.717, 1.165) is 19.3 Å². The Morgan fingerprint density at radius 2 is 2.31 bits per heavy atom. The van der Waals surface area contributed by atoms with Gasteiger partial charge in [-0.3, -0.25) is 4.79 Å². The van der Waals surface area contributed by atoms with Gasteiger partial charge >= 0.3 is 0 Å². The summed E-state index contributed by atoms with van der Waals surface area (Å²) in [6, 6.07) is 4.10. The number of unbranched alkanes of at least 4 members (excludes halogenated alkanes) is 1. The SMILES string of the molecule is CCCCC1CC(=O)c2ccc(F)cc2O1. The van der Waals surface area contributed by atoms with Crippen molar-refractivity contribution in [3.63, 3.8) is 0 Å². The van der Waals surface area contributed by atoms with Crippen LogP contribution in [0.2, 0.25) is 0 Å². The van der Waals surface area contributed by atoms with Gasteiger partial charge in [0.25, 0.3) is 0 Å². The number of benzene rings is 1. The van der Waals surface area contributed by atoms with Crippen LogP contribution in [0.25, 0.3) is 0 Å². The molecule has 2 rings (SSSR count). The molecule has 0 spiro atoms. The normalized spacial score (nSPS) is 19.1. The Balaban J connectivity index is 2.17. The average molecular weight is 222 g/mol. The summed E-state index contributed by atoms with van der Waals surface area (Å²) >= 11 is 0. The van der Waals surface area contributed by atoms with E-state index in [9.17, 15) is 9.18 Å². The number of ether oxygens (including phenoxy) is 1. The summed E-state index contributed by atoms with van der Waals surface area (Å²) in [6.45, 7) is 2.10. The third-order valence-corrected chi connectivity index (χ3v) is 2.83. The van der Waals surface area contributed by atoms with Gasteiger partial charge in [-0.15, -0.1) is 0 Å². The fourth-order valence-electron chi connectivity index (χ4n) is 1.95. The molecule has 1 aromatic rings. The van der Waals surface area contributed by atoms with Gasteiger partial charge in [-0.1, -0.05) is 19.8 Å². The second kappa shape index (κ2) is 4.64. The van der Waals surface area contributed by atoms with E-state index in [4.69, 9.17) is 4.74 Å². The molecule has 1 atom stereocenters. The van der Waals surface area contributed by atoms with Crippen LogP contribution in [0.15, 0.2) is 18.2 Å². The molecule has 86 valence electrons. The lowest BCUT2D eigenvalue weighted by Gasteiger charge is -2.25. The van der Waals surface area contributed by atoms with E-state index < -0.39 is 0 Å². The lowest BCUT2D eigenvalue weighted by atomic mass is 9.98. The predicted molar refractivity (Wildman–Crippen MR) is 59.3 cm³/mol. The Kier molecular flexibility index (Phi) is 3.22. The van der Waals surface area contributed by atoms with Gasteiger partial charge < -0.3 is 4.74 Å². The van der Waals surface area contributed by atoms with Crippen molar-refractivity contribution >= 4 is 5.78 Å². The zero-order valence-corrected chi connectivity index (χ0v) is 9.33. The zero-order valence-electron chi connectivity index (χ0n) is 9.33. The molecule has 1 heterocycles. The van der Waals surface area contributed by atoms with E-state index in [1.165, 1.54) is 18.2 Å². The van der Waals surface area contributed by atoms with Crippen LogP contribution in [-0.2, 0) is 0 Å². The maximum Gasteiger partial charge on any atom is 0.170 e. The molecule has 1 unspecified atom stereocenters. The third kappa shape index (κ3) is 2.23. The molecule has 0 aromatic heterocycles. The highest BCUT2D eigenvalue weighted by Crippen LogP contribution is 2.29. The molecule has 1 aliphatic rings. The number of ketones is 1. The monoisotopic (exact) mass is 222 g/mol. The van der Waals surface area contributed by atoms with Crippen LogP contribution in [0.1, 0.15) is 43.0 Å². The van der Waals surface area contributed by atoms with E-state index in [1.807, 2.05) is 0 Å². The molecule has 2 nitrogen and oxygen atoms in total. The van der Waals surface area contributed by atoms with E-state index >= 15 is 0 Å². The van der Waals surface area contributed by atoms with Crippen LogP contribution in [-0.4, -0.2) is 11.9 Å². The predicted octanol–water partition coefficient (Wildman–Crippen LogP) is 3.35. The van der Waals surface area contributed by atoms with Gasteiger partial charge in [0.15, 0.2) is 5.78 Å². The minimum Gasteiger partial charge on any atom is -0.489 e. The first-order valence-corrected chi connectivity index (χ1v) is 5.70. The summed E-state index contributed by atoms with van der Waals surface area (Å²) in [5, 5.41) is 0. The van der Waals surface area contributed by atoms with Gasteiger partial charge in [0.1, 0.15) is 17.7 Å². The molecule has 1 aromatic carbocycles. The van der Waals surface area contributed by atoms with Crippen molar-refractivity contribution in [3.8, 4) is 5.75 Å². The quantitative estimate of drug-likeness (QED) is 0.784. The van der Waals surface area contributed by atoms with Crippen molar-refractivity contribution in [2.75, 3.05) is 0 Å². The summed E-state index contributed by atoms with van der Waals surface area (Å²) in [5.74, 6) is 0.0994. The van der Waals surface area contributed by atoms with E-state index in [1.54, 1.807) is 0 Å². The van der Waals surface area contributed by atoms with Gasteiger partial charge in [0.05, 0.1) is 5.56 Å². The number of fused-ring (bicyclic) bond motifs is 1. The zero-order chi connectivity index (χ0) is 11.5. The van der Waals surface area contributed by atoms with Crippen molar-refractivity contribution < 1.29 is 13.9 Å². The summed E-state index contributed by atoms with van der Waals surface area (Å²) in [7, 11) is 0. The van der Waals surface area contributed by atoms with Crippen molar-refractivity contribution in [1.29, 1.82) is 0 Å². The standard InChI is InChI=1S/C13H15FO2/c1-2-3-4-10-8-12(15)11-6-5-9(14)7-13(11)16-10/h5-7,10H,2-4,8H2,1H3. The van der Waals surface area contributed by atoms with Gasteiger partial charge in [-0.2, -0.15) is 0 Å². The number of hydrogen-bond donors (Lipinski definition) is 0. The summed E-state index contributed by atoms with van der Waals surface area (Å²) in [4.78, 5) is 11.8. The summed E-state index contributed by atoms with van der Waals surface area (Å²) < 4.78 is 18.6. The molecular weight excluding hydrogens is 207 g/mol. The Bertz CT molecular complexity index is 401. The van der Waals surface area contributed by atoms with Crippen LogP contribution in [0.3, 0.4) is 0 Å². The number of carbonyl (C=O) groups is 1. The van der Waals surface area contributed by atoms with Crippen molar-refractivity contribution in [1.82, 2.24) is 0 Å². The lowest BCUT2D eigenvalue weighted by Crippen LogP contribution is -2.26. The molecule has 0 bridgehead atoms. The van der Waals surface area contributed by atoms with Crippen molar-refractivity contribution in [3.05, 3.63) is 29.6 Å². The van der Waals surface area contributed by atoms with E-state index in [0.29, 0.717) is 17.7 Å². The van der Waals surface area contributed by atoms with Crippen LogP contribution in [0, 0.1) is 5.82 Å². The second-order valence-electron chi connectivity index (χ2n) is 4.15. The van der Waals surface area contributed by atoms with Gasteiger partial charge in [-0.05, 0) is 18.6 Å². The number of Topliss-reactive ketones (excluding diaryl/α,β-unsaturated/α-hetero) is 1. The maximum absolute atomic E-state index is 13.0. The number of rotatable bonds is 3. The maximum atomic E-state index is 13.0. The van der Waals surface area contributed by atoms with Gasteiger partial charge in [0.2, 0.25) is 0 Å². The average Bonchev–Trinajstić information content (AvgIpc) is 2.25. The Morgan fingerprint density at radius 3 is 3.06 bits per heavy atom. The number of halogens is 1. The molecule has 0 saturated heterocycles. The highest BCUT2D eigenvalue weighted by Gasteiger charge is 2.26. The third-order valence-electron chi connectivity index (χ3n) is 2.83. The Morgan fingerprint density at radius 1 is 1.50 bits per heavy atom. The fourth-order valence-corrected chi connectivity index (χ4v) is 1.95. The summed E-state index contributed by atoms with van der Waals surface area (Å²) in [6.07, 6.45) is 3.30. The number of hydrogen-bond acceptors (Lipinski definition) is 2. The molecule has 0 fully saturated rings. The van der Waals surface area contributed by atoms with E-state index in [2.05, 4.69) is 6.92 Å². The van der Waals surface area contributed by atoms with Crippen LogP contribution < -0.4 is 4.74 Å². The first-order valence-electron chi connectivity index (χ1n) is 5.70. The fraction of sp³-hybridized carbons (Fsp3) is 0.462. The van der Waals surface area contributed by atoms with E-state index in [-0.39, 0.29) is 17.7 Å². The molecule has 0 amide bonds. The van der Waals surface area contributed by atoms with Crippen LogP contribution in [0.4, 0.5) is 4.39 Å².